The number of likely N-dealkylation sites (tertiary alicyclic amines) is 1. The number of aliphatic hydroxyl groups excluding tert-OH is 1. The van der Waals surface area contributed by atoms with E-state index in [4.69, 9.17) is 9.47 Å². The average molecular weight is 344 g/mol. The number of β-amino-alcohol motifs (C(OH)–C–C–N with tert-alkyl or cyclic N) is 1. The SMILES string of the molecule is O=C(CCn1cncn1)N1CC[C@@H](c2ccc3c(c2)OCO3)[C@H](O)C1. The zero-order chi connectivity index (χ0) is 17.2. The lowest BCUT2D eigenvalue weighted by Crippen LogP contribution is -2.45. The van der Waals surface area contributed by atoms with Gasteiger partial charge in [0.1, 0.15) is 12.7 Å². The van der Waals surface area contributed by atoms with Crippen molar-refractivity contribution in [2.45, 2.75) is 31.4 Å². The van der Waals surface area contributed by atoms with Gasteiger partial charge in [-0.3, -0.25) is 9.48 Å². The number of ether oxygens (including phenoxy) is 2. The van der Waals surface area contributed by atoms with Crippen LogP contribution in [0.2, 0.25) is 0 Å². The number of piperidine rings is 1. The van der Waals surface area contributed by atoms with E-state index in [1.807, 2.05) is 18.2 Å². The van der Waals surface area contributed by atoms with Gasteiger partial charge in [-0.25, -0.2) is 4.98 Å². The number of aryl methyl sites for hydroxylation is 1. The lowest BCUT2D eigenvalue weighted by molar-refractivity contribution is -0.135. The molecule has 25 heavy (non-hydrogen) atoms. The fourth-order valence-electron chi connectivity index (χ4n) is 3.41. The van der Waals surface area contributed by atoms with Gasteiger partial charge in [0.2, 0.25) is 12.7 Å². The number of rotatable bonds is 4. The molecule has 1 aromatic heterocycles. The summed E-state index contributed by atoms with van der Waals surface area (Å²) in [6.45, 7) is 1.71. The molecule has 1 saturated heterocycles. The van der Waals surface area contributed by atoms with Gasteiger partial charge in [-0.05, 0) is 24.1 Å². The molecule has 1 fully saturated rings. The highest BCUT2D eigenvalue weighted by atomic mass is 16.7. The van der Waals surface area contributed by atoms with Crippen molar-refractivity contribution in [3.05, 3.63) is 36.4 Å². The van der Waals surface area contributed by atoms with Crippen LogP contribution in [0.15, 0.2) is 30.9 Å². The first-order valence-corrected chi connectivity index (χ1v) is 8.38. The Kier molecular flexibility index (Phi) is 4.27. The zero-order valence-electron chi connectivity index (χ0n) is 13.7. The van der Waals surface area contributed by atoms with Gasteiger partial charge in [0.15, 0.2) is 11.5 Å². The molecule has 2 aromatic rings. The molecular formula is C17H20N4O4. The van der Waals surface area contributed by atoms with Crippen LogP contribution in [0.3, 0.4) is 0 Å². The molecular weight excluding hydrogens is 324 g/mol. The number of carbonyl (C=O) groups excluding carboxylic acids is 1. The van der Waals surface area contributed by atoms with Gasteiger partial charge in [0, 0.05) is 25.4 Å². The number of amides is 1. The third-order valence-corrected chi connectivity index (χ3v) is 4.78. The number of carbonyl (C=O) groups is 1. The van der Waals surface area contributed by atoms with Crippen molar-refractivity contribution in [3.8, 4) is 11.5 Å². The maximum Gasteiger partial charge on any atom is 0.231 e. The highest BCUT2D eigenvalue weighted by molar-refractivity contribution is 5.76. The van der Waals surface area contributed by atoms with Crippen molar-refractivity contribution in [1.82, 2.24) is 19.7 Å². The van der Waals surface area contributed by atoms with Crippen molar-refractivity contribution < 1.29 is 19.4 Å². The van der Waals surface area contributed by atoms with Crippen molar-refractivity contribution in [2.75, 3.05) is 19.9 Å². The van der Waals surface area contributed by atoms with Crippen LogP contribution >= 0.6 is 0 Å². The van der Waals surface area contributed by atoms with Crippen molar-refractivity contribution in [3.63, 3.8) is 0 Å². The Morgan fingerprint density at radius 3 is 3.00 bits per heavy atom. The molecule has 8 nitrogen and oxygen atoms in total. The van der Waals surface area contributed by atoms with E-state index >= 15 is 0 Å². The summed E-state index contributed by atoms with van der Waals surface area (Å²) in [5, 5.41) is 14.5. The largest absolute Gasteiger partial charge is 0.454 e. The van der Waals surface area contributed by atoms with Crippen LogP contribution in [-0.4, -0.2) is 56.7 Å². The molecule has 0 spiro atoms. The van der Waals surface area contributed by atoms with Crippen LogP contribution in [-0.2, 0) is 11.3 Å². The fraction of sp³-hybridized carbons (Fsp3) is 0.471. The summed E-state index contributed by atoms with van der Waals surface area (Å²) in [5.41, 5.74) is 1.02. The molecule has 2 aliphatic rings. The maximum atomic E-state index is 12.4. The van der Waals surface area contributed by atoms with Crippen LogP contribution in [0.1, 0.15) is 24.3 Å². The Bertz CT molecular complexity index is 749. The van der Waals surface area contributed by atoms with Crippen LogP contribution in [0.25, 0.3) is 0 Å². The first-order valence-electron chi connectivity index (χ1n) is 8.38. The molecule has 2 atom stereocenters. The Morgan fingerprint density at radius 2 is 2.20 bits per heavy atom. The topological polar surface area (TPSA) is 89.7 Å². The minimum absolute atomic E-state index is 0.00568. The molecule has 1 aromatic carbocycles. The van der Waals surface area contributed by atoms with Gasteiger partial charge in [-0.2, -0.15) is 5.10 Å². The van der Waals surface area contributed by atoms with Crippen LogP contribution in [0.4, 0.5) is 0 Å². The molecule has 0 aliphatic carbocycles. The first kappa shape index (κ1) is 15.9. The van der Waals surface area contributed by atoms with Crippen LogP contribution in [0, 0.1) is 0 Å². The van der Waals surface area contributed by atoms with Gasteiger partial charge < -0.3 is 19.5 Å². The monoisotopic (exact) mass is 344 g/mol. The molecule has 132 valence electrons. The molecule has 0 saturated carbocycles. The number of aromatic nitrogens is 3. The van der Waals surface area contributed by atoms with Gasteiger partial charge in [-0.1, -0.05) is 6.07 Å². The standard InChI is InChI=1S/C17H20N4O4/c22-14-8-20(17(23)4-6-21-10-18-9-19-21)5-3-13(14)12-1-2-15-16(7-12)25-11-24-15/h1-2,7,9-10,13-14,22H,3-6,8,11H2/t13-,14+/m0/s1. The number of nitrogens with zero attached hydrogens (tertiary/aromatic N) is 4. The summed E-state index contributed by atoms with van der Waals surface area (Å²) in [6.07, 6.45) is 3.52. The minimum Gasteiger partial charge on any atom is -0.454 e. The first-order chi connectivity index (χ1) is 12.2. The summed E-state index contributed by atoms with van der Waals surface area (Å²) in [5.74, 6) is 1.47. The number of hydrogen-bond donors (Lipinski definition) is 1. The number of aliphatic hydroxyl groups is 1. The van der Waals surface area contributed by atoms with E-state index in [0.717, 1.165) is 23.5 Å². The van der Waals surface area contributed by atoms with E-state index in [9.17, 15) is 9.90 Å². The van der Waals surface area contributed by atoms with Crippen LogP contribution in [0.5, 0.6) is 11.5 Å². The molecule has 0 bridgehead atoms. The summed E-state index contributed by atoms with van der Waals surface area (Å²) in [6, 6.07) is 5.77. The summed E-state index contributed by atoms with van der Waals surface area (Å²) < 4.78 is 12.4. The van der Waals surface area contributed by atoms with Crippen LogP contribution < -0.4 is 9.47 Å². The van der Waals surface area contributed by atoms with Gasteiger partial charge in [0.05, 0.1) is 12.6 Å². The molecule has 0 radical (unpaired) electrons. The molecule has 4 rings (SSSR count). The Hall–Kier alpha value is -2.61. The van der Waals surface area contributed by atoms with Gasteiger partial charge in [0.25, 0.3) is 0 Å². The third-order valence-electron chi connectivity index (χ3n) is 4.78. The lowest BCUT2D eigenvalue weighted by atomic mass is 9.87. The van der Waals surface area contributed by atoms with E-state index < -0.39 is 6.10 Å². The molecule has 1 amide bonds. The lowest BCUT2D eigenvalue weighted by Gasteiger charge is -2.36. The highest BCUT2D eigenvalue weighted by Gasteiger charge is 2.31. The predicted octanol–water partition coefficient (Wildman–Crippen LogP) is 0.774. The van der Waals surface area contributed by atoms with E-state index in [2.05, 4.69) is 10.1 Å². The van der Waals surface area contributed by atoms with E-state index in [0.29, 0.717) is 26.1 Å². The fourth-order valence-corrected chi connectivity index (χ4v) is 3.41. The zero-order valence-corrected chi connectivity index (χ0v) is 13.7. The summed E-state index contributed by atoms with van der Waals surface area (Å²) in [4.78, 5) is 17.9. The molecule has 2 aliphatic heterocycles. The second kappa shape index (κ2) is 6.72. The van der Waals surface area contributed by atoms with Crippen molar-refractivity contribution >= 4 is 5.91 Å². The average Bonchev–Trinajstić information content (AvgIpc) is 3.30. The Balaban J connectivity index is 1.36. The quantitative estimate of drug-likeness (QED) is 0.881. The highest BCUT2D eigenvalue weighted by Crippen LogP contribution is 2.37. The predicted molar refractivity (Wildman–Crippen MR) is 87.1 cm³/mol. The van der Waals surface area contributed by atoms with E-state index in [1.165, 1.54) is 6.33 Å². The maximum absolute atomic E-state index is 12.4. The van der Waals surface area contributed by atoms with Crippen molar-refractivity contribution in [1.29, 1.82) is 0 Å². The minimum atomic E-state index is -0.593. The van der Waals surface area contributed by atoms with Gasteiger partial charge in [-0.15, -0.1) is 0 Å². The molecule has 3 heterocycles. The second-order valence-corrected chi connectivity index (χ2v) is 6.32. The van der Waals surface area contributed by atoms with E-state index in [1.54, 1.807) is 15.9 Å². The summed E-state index contributed by atoms with van der Waals surface area (Å²) in [7, 11) is 0. The molecule has 0 unspecified atom stereocenters. The number of benzene rings is 1. The normalized spacial score (nSPS) is 22.2. The third kappa shape index (κ3) is 3.30. The van der Waals surface area contributed by atoms with E-state index in [-0.39, 0.29) is 18.6 Å². The Morgan fingerprint density at radius 1 is 1.32 bits per heavy atom. The Labute approximate surface area is 145 Å². The number of hydrogen-bond acceptors (Lipinski definition) is 6. The molecule has 1 N–H and O–H groups in total. The number of fused-ring (bicyclic) bond motifs is 1. The molecule has 8 heteroatoms. The van der Waals surface area contributed by atoms with Gasteiger partial charge >= 0.3 is 0 Å². The smallest absolute Gasteiger partial charge is 0.231 e. The second-order valence-electron chi connectivity index (χ2n) is 6.32. The van der Waals surface area contributed by atoms with Crippen molar-refractivity contribution in [2.24, 2.45) is 0 Å². The summed E-state index contributed by atoms with van der Waals surface area (Å²) >= 11 is 0.